The van der Waals surface area contributed by atoms with E-state index in [1.807, 2.05) is 18.2 Å². The summed E-state index contributed by atoms with van der Waals surface area (Å²) in [6.07, 6.45) is 0. The van der Waals surface area contributed by atoms with Gasteiger partial charge in [0.05, 0.1) is 17.0 Å². The van der Waals surface area contributed by atoms with E-state index < -0.39 is 0 Å². The average Bonchev–Trinajstić information content (AvgIpc) is 3.21. The molecule has 1 aromatic heterocycles. The minimum atomic E-state index is -0.278. The van der Waals surface area contributed by atoms with Gasteiger partial charge in [-0.25, -0.2) is 0 Å². The number of aryl methyl sites for hydroxylation is 1. The van der Waals surface area contributed by atoms with E-state index in [9.17, 15) is 4.79 Å². The molecule has 0 atom stereocenters. The van der Waals surface area contributed by atoms with Crippen molar-refractivity contribution < 1.29 is 14.3 Å². The Kier molecular flexibility index (Phi) is 3.82. The number of halogens is 1. The molecule has 126 valence electrons. The topological polar surface area (TPSA) is 76.2 Å². The van der Waals surface area contributed by atoms with E-state index >= 15 is 0 Å². The molecule has 0 saturated carbocycles. The number of hydrogen-bond donors (Lipinski definition) is 2. The summed E-state index contributed by atoms with van der Waals surface area (Å²) < 4.78 is 10.6. The quantitative estimate of drug-likeness (QED) is 0.744. The highest BCUT2D eigenvalue weighted by Crippen LogP contribution is 2.35. The molecular formula is C18H14ClN3O3. The van der Waals surface area contributed by atoms with Crippen molar-refractivity contribution in [3.05, 3.63) is 58.7 Å². The van der Waals surface area contributed by atoms with Gasteiger partial charge in [0.2, 0.25) is 6.79 Å². The Bertz CT molecular complexity index is 968. The third-order valence-corrected chi connectivity index (χ3v) is 4.28. The van der Waals surface area contributed by atoms with Crippen molar-refractivity contribution in [1.82, 2.24) is 10.2 Å². The number of rotatable bonds is 3. The fourth-order valence-corrected chi connectivity index (χ4v) is 2.97. The van der Waals surface area contributed by atoms with Crippen LogP contribution in [0.1, 0.15) is 16.1 Å². The van der Waals surface area contributed by atoms with E-state index in [1.165, 1.54) is 0 Å². The van der Waals surface area contributed by atoms with E-state index in [0.717, 1.165) is 5.56 Å². The zero-order valence-corrected chi connectivity index (χ0v) is 14.1. The molecule has 4 rings (SSSR count). The Hall–Kier alpha value is -2.99. The predicted octanol–water partition coefficient (Wildman–Crippen LogP) is 4.02. The first-order valence-electron chi connectivity index (χ1n) is 7.64. The van der Waals surface area contributed by atoms with Crippen molar-refractivity contribution in [2.45, 2.75) is 6.92 Å². The lowest BCUT2D eigenvalue weighted by Gasteiger charge is -2.08. The number of amides is 1. The van der Waals surface area contributed by atoms with Gasteiger partial charge in [-0.05, 0) is 25.1 Å². The van der Waals surface area contributed by atoms with Crippen molar-refractivity contribution in [1.29, 1.82) is 0 Å². The lowest BCUT2D eigenvalue weighted by molar-refractivity contribution is 0.102. The van der Waals surface area contributed by atoms with Crippen LogP contribution in [0.5, 0.6) is 11.5 Å². The lowest BCUT2D eigenvalue weighted by atomic mass is 10.1. The largest absolute Gasteiger partial charge is 0.454 e. The first-order chi connectivity index (χ1) is 12.1. The van der Waals surface area contributed by atoms with Gasteiger partial charge in [0, 0.05) is 22.3 Å². The number of aromatic nitrogens is 2. The monoisotopic (exact) mass is 355 g/mol. The van der Waals surface area contributed by atoms with Crippen LogP contribution in [-0.4, -0.2) is 22.9 Å². The molecule has 6 nitrogen and oxygen atoms in total. The summed E-state index contributed by atoms with van der Waals surface area (Å²) in [6, 6.07) is 12.5. The number of nitrogens with zero attached hydrogens (tertiary/aromatic N) is 1. The maximum absolute atomic E-state index is 12.8. The zero-order valence-electron chi connectivity index (χ0n) is 13.3. The highest BCUT2D eigenvalue weighted by Gasteiger charge is 2.21. The fraction of sp³-hybridized carbons (Fsp3) is 0.111. The molecule has 0 unspecified atom stereocenters. The van der Waals surface area contributed by atoms with Gasteiger partial charge in [0.15, 0.2) is 11.5 Å². The predicted molar refractivity (Wildman–Crippen MR) is 94.3 cm³/mol. The second-order valence-electron chi connectivity index (χ2n) is 5.56. The summed E-state index contributed by atoms with van der Waals surface area (Å²) in [5.74, 6) is 0.988. The number of benzene rings is 2. The second-order valence-corrected chi connectivity index (χ2v) is 5.97. The van der Waals surface area contributed by atoms with Crippen LogP contribution in [0.3, 0.4) is 0 Å². The first-order valence-corrected chi connectivity index (χ1v) is 8.02. The minimum absolute atomic E-state index is 0.185. The van der Waals surface area contributed by atoms with E-state index in [4.69, 9.17) is 21.1 Å². The van der Waals surface area contributed by atoms with Crippen LogP contribution in [0.4, 0.5) is 5.69 Å². The maximum Gasteiger partial charge on any atom is 0.259 e. The van der Waals surface area contributed by atoms with Crippen molar-refractivity contribution in [3.63, 3.8) is 0 Å². The summed E-state index contributed by atoms with van der Waals surface area (Å²) in [5, 5.41) is 10.5. The Balaban J connectivity index is 1.67. The van der Waals surface area contributed by atoms with Crippen LogP contribution in [0.2, 0.25) is 5.02 Å². The average molecular weight is 356 g/mol. The molecule has 0 radical (unpaired) electrons. The smallest absolute Gasteiger partial charge is 0.259 e. The number of hydrogen-bond acceptors (Lipinski definition) is 4. The van der Waals surface area contributed by atoms with Crippen LogP contribution in [0.25, 0.3) is 11.3 Å². The van der Waals surface area contributed by atoms with Gasteiger partial charge in [-0.2, -0.15) is 5.10 Å². The number of aromatic amines is 1. The Morgan fingerprint density at radius 3 is 2.84 bits per heavy atom. The summed E-state index contributed by atoms with van der Waals surface area (Å²) in [6.45, 7) is 1.95. The van der Waals surface area contributed by atoms with Gasteiger partial charge < -0.3 is 14.8 Å². The van der Waals surface area contributed by atoms with Gasteiger partial charge in [-0.1, -0.05) is 29.8 Å². The Morgan fingerprint density at radius 2 is 2.00 bits per heavy atom. The normalized spacial score (nSPS) is 12.2. The standard InChI is InChI=1S/C18H14ClN3O3/c1-10-16(17(22-21-10)12-4-2-3-5-13(12)19)18(23)20-11-6-7-14-15(8-11)25-9-24-14/h2-8H,9H2,1H3,(H,20,23)(H,21,22). The van der Waals surface area contributed by atoms with Gasteiger partial charge in [-0.3, -0.25) is 9.89 Å². The molecule has 1 aliphatic heterocycles. The highest BCUT2D eigenvalue weighted by atomic mass is 35.5. The molecule has 0 bridgehead atoms. The molecule has 0 saturated heterocycles. The summed E-state index contributed by atoms with van der Waals surface area (Å²) in [5.41, 5.74) is 2.96. The number of fused-ring (bicyclic) bond motifs is 1. The molecule has 1 aliphatic rings. The number of carbonyl (C=O) groups excluding carboxylic acids is 1. The molecule has 0 aliphatic carbocycles. The molecule has 1 amide bonds. The van der Waals surface area contributed by atoms with E-state index in [1.54, 1.807) is 31.2 Å². The van der Waals surface area contributed by atoms with Crippen molar-refractivity contribution >= 4 is 23.2 Å². The SMILES string of the molecule is Cc1n[nH]c(-c2ccccc2Cl)c1C(=O)Nc1ccc2c(c1)OCO2. The molecule has 0 spiro atoms. The maximum atomic E-state index is 12.8. The van der Waals surface area contributed by atoms with Crippen LogP contribution < -0.4 is 14.8 Å². The van der Waals surface area contributed by atoms with E-state index in [-0.39, 0.29) is 12.7 Å². The van der Waals surface area contributed by atoms with Crippen molar-refractivity contribution in [3.8, 4) is 22.8 Å². The third-order valence-electron chi connectivity index (χ3n) is 3.95. The summed E-state index contributed by atoms with van der Waals surface area (Å²) in [7, 11) is 0. The molecular weight excluding hydrogens is 342 g/mol. The Morgan fingerprint density at radius 1 is 1.20 bits per heavy atom. The highest BCUT2D eigenvalue weighted by molar-refractivity contribution is 6.33. The summed E-state index contributed by atoms with van der Waals surface area (Å²) in [4.78, 5) is 12.8. The molecule has 25 heavy (non-hydrogen) atoms. The van der Waals surface area contributed by atoms with Crippen molar-refractivity contribution in [2.75, 3.05) is 12.1 Å². The molecule has 2 heterocycles. The number of carbonyl (C=O) groups is 1. The van der Waals surface area contributed by atoms with Gasteiger partial charge in [0.1, 0.15) is 0 Å². The van der Waals surface area contributed by atoms with Crippen molar-refractivity contribution in [2.24, 2.45) is 0 Å². The van der Waals surface area contributed by atoms with Gasteiger partial charge in [0.25, 0.3) is 5.91 Å². The summed E-state index contributed by atoms with van der Waals surface area (Å²) >= 11 is 6.26. The number of nitrogens with one attached hydrogen (secondary N) is 2. The molecule has 3 aromatic rings. The molecule has 0 fully saturated rings. The fourth-order valence-electron chi connectivity index (χ4n) is 2.74. The lowest BCUT2D eigenvalue weighted by Crippen LogP contribution is -2.13. The van der Waals surface area contributed by atoms with E-state index in [0.29, 0.717) is 39.2 Å². The van der Waals surface area contributed by atoms with Crippen LogP contribution >= 0.6 is 11.6 Å². The Labute approximate surface area is 148 Å². The molecule has 7 heteroatoms. The van der Waals surface area contributed by atoms with Crippen LogP contribution in [0.15, 0.2) is 42.5 Å². The number of H-pyrrole nitrogens is 1. The van der Waals surface area contributed by atoms with Gasteiger partial charge >= 0.3 is 0 Å². The number of ether oxygens (including phenoxy) is 2. The number of anilines is 1. The van der Waals surface area contributed by atoms with Gasteiger partial charge in [-0.15, -0.1) is 0 Å². The first kappa shape index (κ1) is 15.5. The third kappa shape index (κ3) is 2.81. The van der Waals surface area contributed by atoms with Crippen LogP contribution in [-0.2, 0) is 0 Å². The minimum Gasteiger partial charge on any atom is -0.454 e. The zero-order chi connectivity index (χ0) is 17.4. The second kappa shape index (κ2) is 6.14. The molecule has 2 aromatic carbocycles. The molecule has 2 N–H and O–H groups in total. The van der Waals surface area contributed by atoms with E-state index in [2.05, 4.69) is 15.5 Å². The van der Waals surface area contributed by atoms with Crippen LogP contribution in [0, 0.1) is 6.92 Å².